The van der Waals surface area contributed by atoms with Crippen LogP contribution in [-0.2, 0) is 9.53 Å². The Hall–Kier alpha value is -1.35. The summed E-state index contributed by atoms with van der Waals surface area (Å²) in [5.41, 5.74) is 1.33. The van der Waals surface area contributed by atoms with Crippen LogP contribution in [0.2, 0.25) is 0 Å². The van der Waals surface area contributed by atoms with E-state index in [0.29, 0.717) is 12.5 Å². The maximum atomic E-state index is 11.2. The van der Waals surface area contributed by atoms with E-state index in [1.807, 2.05) is 0 Å². The molecule has 1 aromatic rings. The molecule has 2 rings (SSSR count). The van der Waals surface area contributed by atoms with Crippen LogP contribution in [0.25, 0.3) is 0 Å². The Morgan fingerprint density at radius 2 is 1.89 bits per heavy atom. The zero-order chi connectivity index (χ0) is 19.3. The van der Waals surface area contributed by atoms with Crippen molar-refractivity contribution in [3.63, 3.8) is 0 Å². The van der Waals surface area contributed by atoms with E-state index in [0.717, 1.165) is 51.5 Å². The van der Waals surface area contributed by atoms with Crippen LogP contribution in [0.5, 0.6) is 0 Å². The minimum atomic E-state index is -0.146. The molecule has 0 saturated carbocycles. The summed E-state index contributed by atoms with van der Waals surface area (Å²) in [6.07, 6.45) is 4.74. The van der Waals surface area contributed by atoms with Gasteiger partial charge in [0.2, 0.25) is 0 Å². The fourth-order valence-corrected chi connectivity index (χ4v) is 3.38. The quantitative estimate of drug-likeness (QED) is 0.169. The van der Waals surface area contributed by atoms with E-state index in [1.165, 1.54) is 25.5 Å². The highest BCUT2D eigenvalue weighted by Crippen LogP contribution is 2.25. The molecule has 1 aromatic carbocycles. The van der Waals surface area contributed by atoms with Gasteiger partial charge >= 0.3 is 5.97 Å². The summed E-state index contributed by atoms with van der Waals surface area (Å²) in [5.74, 6) is 0.697. The van der Waals surface area contributed by atoms with Gasteiger partial charge < -0.3 is 15.4 Å². The highest BCUT2D eigenvalue weighted by molar-refractivity contribution is 14.0. The number of esters is 1. The Kier molecular flexibility index (Phi) is 12.9. The molecule has 1 saturated heterocycles. The molecule has 1 atom stereocenters. The van der Waals surface area contributed by atoms with Gasteiger partial charge in [-0.15, -0.1) is 24.0 Å². The summed E-state index contributed by atoms with van der Waals surface area (Å²) < 4.78 is 4.67. The third kappa shape index (κ3) is 8.77. The lowest BCUT2D eigenvalue weighted by Crippen LogP contribution is -2.38. The molecule has 158 valence electrons. The van der Waals surface area contributed by atoms with Gasteiger partial charge in [-0.05, 0) is 51.3 Å². The van der Waals surface area contributed by atoms with Crippen molar-refractivity contribution >= 4 is 35.9 Å². The van der Waals surface area contributed by atoms with Gasteiger partial charge in [0.05, 0.1) is 19.7 Å². The lowest BCUT2D eigenvalue weighted by atomic mass is 10.1. The molecule has 7 heteroatoms. The SMILES string of the molecule is CCNC(=NCC(c1ccccc1)N1CCCC1)NCCCCC(=O)OC.I. The maximum Gasteiger partial charge on any atom is 0.305 e. The molecule has 1 aliphatic heterocycles. The summed E-state index contributed by atoms with van der Waals surface area (Å²) in [6.45, 7) is 6.72. The van der Waals surface area contributed by atoms with Crippen LogP contribution in [0.1, 0.15) is 50.6 Å². The minimum Gasteiger partial charge on any atom is -0.469 e. The predicted octanol–water partition coefficient (Wildman–Crippen LogP) is 3.34. The number of carbonyl (C=O) groups is 1. The fourth-order valence-electron chi connectivity index (χ4n) is 3.38. The summed E-state index contributed by atoms with van der Waals surface area (Å²) in [5, 5.41) is 6.70. The van der Waals surface area contributed by atoms with Crippen molar-refractivity contribution in [1.82, 2.24) is 15.5 Å². The fraction of sp³-hybridized carbons (Fsp3) is 0.619. The van der Waals surface area contributed by atoms with E-state index >= 15 is 0 Å². The van der Waals surface area contributed by atoms with Gasteiger partial charge in [-0.3, -0.25) is 14.7 Å². The van der Waals surface area contributed by atoms with Crippen LogP contribution in [0.3, 0.4) is 0 Å². The first kappa shape index (κ1) is 24.7. The first-order valence-corrected chi connectivity index (χ1v) is 10.1. The van der Waals surface area contributed by atoms with Gasteiger partial charge in [0.25, 0.3) is 0 Å². The van der Waals surface area contributed by atoms with E-state index in [2.05, 4.69) is 57.5 Å². The molecule has 28 heavy (non-hydrogen) atoms. The van der Waals surface area contributed by atoms with Crippen molar-refractivity contribution in [1.29, 1.82) is 0 Å². The maximum absolute atomic E-state index is 11.2. The number of hydrogen-bond acceptors (Lipinski definition) is 4. The smallest absolute Gasteiger partial charge is 0.305 e. The lowest BCUT2D eigenvalue weighted by molar-refractivity contribution is -0.140. The normalized spacial score (nSPS) is 15.6. The molecule has 1 fully saturated rings. The monoisotopic (exact) mass is 502 g/mol. The zero-order valence-electron chi connectivity index (χ0n) is 17.2. The van der Waals surface area contributed by atoms with Crippen molar-refractivity contribution in [2.24, 2.45) is 4.99 Å². The Morgan fingerprint density at radius 3 is 2.54 bits per heavy atom. The average molecular weight is 502 g/mol. The van der Waals surface area contributed by atoms with Gasteiger partial charge in [0.1, 0.15) is 0 Å². The Bertz CT molecular complexity index is 577. The molecule has 0 amide bonds. The summed E-state index contributed by atoms with van der Waals surface area (Å²) in [4.78, 5) is 18.6. The Labute approximate surface area is 186 Å². The number of unbranched alkanes of at least 4 members (excludes halogenated alkanes) is 1. The summed E-state index contributed by atoms with van der Waals surface area (Å²) in [6, 6.07) is 11.0. The Morgan fingerprint density at radius 1 is 1.18 bits per heavy atom. The molecule has 0 bridgehead atoms. The average Bonchev–Trinajstić information content (AvgIpc) is 3.23. The number of halogens is 1. The Balaban J connectivity index is 0.00000392. The number of guanidine groups is 1. The molecule has 2 N–H and O–H groups in total. The van der Waals surface area contributed by atoms with E-state index in [-0.39, 0.29) is 29.9 Å². The topological polar surface area (TPSA) is 66.0 Å². The third-order valence-electron chi connectivity index (χ3n) is 4.86. The number of aliphatic imine (C=N–C) groups is 1. The molecule has 1 heterocycles. The van der Waals surface area contributed by atoms with Crippen LogP contribution in [0, 0.1) is 0 Å². The lowest BCUT2D eigenvalue weighted by Gasteiger charge is -2.27. The van der Waals surface area contributed by atoms with Gasteiger partial charge in [0.15, 0.2) is 5.96 Å². The molecule has 1 unspecified atom stereocenters. The molecular formula is C21H35IN4O2. The first-order valence-electron chi connectivity index (χ1n) is 10.1. The third-order valence-corrected chi connectivity index (χ3v) is 4.86. The zero-order valence-corrected chi connectivity index (χ0v) is 19.5. The van der Waals surface area contributed by atoms with Gasteiger partial charge in [0, 0.05) is 19.5 Å². The van der Waals surface area contributed by atoms with E-state index in [1.54, 1.807) is 0 Å². The number of carbonyl (C=O) groups excluding carboxylic acids is 1. The number of likely N-dealkylation sites (tertiary alicyclic amines) is 1. The van der Waals surface area contributed by atoms with Crippen molar-refractivity contribution in [3.8, 4) is 0 Å². The van der Waals surface area contributed by atoms with Crippen molar-refractivity contribution in [2.45, 2.75) is 45.1 Å². The predicted molar refractivity (Wildman–Crippen MR) is 125 cm³/mol. The van der Waals surface area contributed by atoms with Crippen molar-refractivity contribution in [2.75, 3.05) is 39.8 Å². The minimum absolute atomic E-state index is 0. The van der Waals surface area contributed by atoms with Gasteiger partial charge in [-0.25, -0.2) is 0 Å². The molecule has 0 radical (unpaired) electrons. The number of methoxy groups -OCH3 is 1. The standard InChI is InChI=1S/C21H34N4O2.HI/c1-3-22-21(23-14-8-7-13-20(26)27-2)24-17-19(25-15-9-10-16-25)18-11-5-4-6-12-18;/h4-6,11-12,19H,3,7-10,13-17H2,1-2H3,(H2,22,23,24);1H. The van der Waals surface area contributed by atoms with Crippen LogP contribution >= 0.6 is 24.0 Å². The number of benzene rings is 1. The van der Waals surface area contributed by atoms with Gasteiger partial charge in [-0.2, -0.15) is 0 Å². The largest absolute Gasteiger partial charge is 0.469 e. The second-order valence-corrected chi connectivity index (χ2v) is 6.85. The van der Waals surface area contributed by atoms with Crippen LogP contribution in [-0.4, -0.2) is 56.7 Å². The van der Waals surface area contributed by atoms with E-state index in [4.69, 9.17) is 4.99 Å². The van der Waals surface area contributed by atoms with E-state index in [9.17, 15) is 4.79 Å². The van der Waals surface area contributed by atoms with Crippen LogP contribution in [0.4, 0.5) is 0 Å². The second kappa shape index (κ2) is 14.6. The van der Waals surface area contributed by atoms with Crippen molar-refractivity contribution < 1.29 is 9.53 Å². The second-order valence-electron chi connectivity index (χ2n) is 6.85. The first-order chi connectivity index (χ1) is 13.2. The molecule has 6 nitrogen and oxygen atoms in total. The molecular weight excluding hydrogens is 467 g/mol. The summed E-state index contributed by atoms with van der Waals surface area (Å²) in [7, 11) is 1.43. The number of rotatable bonds is 10. The van der Waals surface area contributed by atoms with Crippen molar-refractivity contribution in [3.05, 3.63) is 35.9 Å². The molecule has 0 aromatic heterocycles. The van der Waals surface area contributed by atoms with Crippen LogP contribution < -0.4 is 10.6 Å². The number of ether oxygens (including phenoxy) is 1. The highest BCUT2D eigenvalue weighted by atomic mass is 127. The molecule has 0 spiro atoms. The van der Waals surface area contributed by atoms with Crippen LogP contribution in [0.15, 0.2) is 35.3 Å². The summed E-state index contributed by atoms with van der Waals surface area (Å²) >= 11 is 0. The highest BCUT2D eigenvalue weighted by Gasteiger charge is 2.23. The number of nitrogens with zero attached hydrogens (tertiary/aromatic N) is 2. The van der Waals surface area contributed by atoms with E-state index < -0.39 is 0 Å². The van der Waals surface area contributed by atoms with Gasteiger partial charge in [-0.1, -0.05) is 30.3 Å². The number of hydrogen-bond donors (Lipinski definition) is 2. The molecule has 0 aliphatic carbocycles. The number of nitrogens with one attached hydrogen (secondary N) is 2. The molecule has 1 aliphatic rings.